The summed E-state index contributed by atoms with van der Waals surface area (Å²) in [7, 11) is 0. The van der Waals surface area contributed by atoms with Crippen LogP contribution in [0.25, 0.3) is 10.8 Å². The fourth-order valence-corrected chi connectivity index (χ4v) is 7.12. The van der Waals surface area contributed by atoms with E-state index in [4.69, 9.17) is 4.99 Å². The second kappa shape index (κ2) is 4.92. The number of rotatable bonds is 0. The van der Waals surface area contributed by atoms with Crippen molar-refractivity contribution in [1.82, 2.24) is 0 Å². The van der Waals surface area contributed by atoms with E-state index < -0.39 is 0 Å². The molecule has 142 valence electrons. The predicted molar refractivity (Wildman–Crippen MR) is 123 cm³/mol. The number of nitrogens with zero attached hydrogens (tertiary/aromatic N) is 1. The SMILES string of the molecule is Cc1cc2c3c4c5c(cc(C)c14)Cc1cccc4c1C5C(=N4)C3c1ccccc1C2. The molecule has 0 spiro atoms. The van der Waals surface area contributed by atoms with Gasteiger partial charge in [0.2, 0.25) is 0 Å². The van der Waals surface area contributed by atoms with Gasteiger partial charge in [0.15, 0.2) is 0 Å². The summed E-state index contributed by atoms with van der Waals surface area (Å²) < 4.78 is 0. The van der Waals surface area contributed by atoms with Crippen molar-refractivity contribution in [3.05, 3.63) is 110 Å². The normalized spacial score (nSPS) is 20.9. The second-order valence-corrected chi connectivity index (χ2v) is 9.59. The first-order valence-corrected chi connectivity index (χ1v) is 11.1. The van der Waals surface area contributed by atoms with Crippen LogP contribution in [0.4, 0.5) is 5.69 Å². The van der Waals surface area contributed by atoms with E-state index in [9.17, 15) is 0 Å². The molecule has 3 aliphatic carbocycles. The van der Waals surface area contributed by atoms with Crippen molar-refractivity contribution in [3.63, 3.8) is 0 Å². The smallest absolute Gasteiger partial charge is 0.0674 e. The average Bonchev–Trinajstić information content (AvgIpc) is 3.13. The highest BCUT2D eigenvalue weighted by molar-refractivity contribution is 6.16. The topological polar surface area (TPSA) is 12.4 Å². The third-order valence-corrected chi connectivity index (χ3v) is 8.06. The summed E-state index contributed by atoms with van der Waals surface area (Å²) in [5, 5.41) is 3.05. The number of benzene rings is 4. The third-order valence-electron chi connectivity index (χ3n) is 8.06. The van der Waals surface area contributed by atoms with Gasteiger partial charge in [-0.3, -0.25) is 4.99 Å². The van der Waals surface area contributed by atoms with Crippen LogP contribution >= 0.6 is 0 Å². The number of hydrogen-bond acceptors (Lipinski definition) is 1. The van der Waals surface area contributed by atoms with Crippen LogP contribution < -0.4 is 0 Å². The molecular formula is C29H21N. The highest BCUT2D eigenvalue weighted by Crippen LogP contribution is 2.59. The average molecular weight is 383 g/mol. The van der Waals surface area contributed by atoms with E-state index in [1.807, 2.05) is 0 Å². The minimum Gasteiger partial charge on any atom is -0.255 e. The zero-order chi connectivity index (χ0) is 19.7. The molecule has 0 fully saturated rings. The lowest BCUT2D eigenvalue weighted by molar-refractivity contribution is 0.874. The maximum atomic E-state index is 5.34. The van der Waals surface area contributed by atoms with E-state index in [-0.39, 0.29) is 0 Å². The van der Waals surface area contributed by atoms with Gasteiger partial charge in [0.05, 0.1) is 11.6 Å². The molecule has 1 aliphatic heterocycles. The first-order chi connectivity index (χ1) is 14.7. The van der Waals surface area contributed by atoms with Crippen molar-refractivity contribution < 1.29 is 0 Å². The van der Waals surface area contributed by atoms with Crippen molar-refractivity contribution >= 4 is 22.2 Å². The summed E-state index contributed by atoms with van der Waals surface area (Å²) in [5.41, 5.74) is 17.5. The lowest BCUT2D eigenvalue weighted by Crippen LogP contribution is -2.32. The van der Waals surface area contributed by atoms with E-state index >= 15 is 0 Å². The summed E-state index contributed by atoms with van der Waals surface area (Å²) in [4.78, 5) is 5.34. The molecule has 0 saturated heterocycles. The molecule has 0 radical (unpaired) electrons. The Kier molecular flexibility index (Phi) is 2.56. The van der Waals surface area contributed by atoms with Gasteiger partial charge < -0.3 is 0 Å². The van der Waals surface area contributed by atoms with Gasteiger partial charge in [-0.1, -0.05) is 48.5 Å². The largest absolute Gasteiger partial charge is 0.255 e. The van der Waals surface area contributed by atoms with Crippen LogP contribution in [0.2, 0.25) is 0 Å². The Hall–Kier alpha value is -3.19. The van der Waals surface area contributed by atoms with Crippen molar-refractivity contribution in [2.24, 2.45) is 4.99 Å². The summed E-state index contributed by atoms with van der Waals surface area (Å²) in [6.07, 6.45) is 2.08. The molecule has 0 amide bonds. The number of aryl methyl sites for hydroxylation is 2. The molecular weight excluding hydrogens is 362 g/mol. The van der Waals surface area contributed by atoms with Gasteiger partial charge in [0.1, 0.15) is 0 Å². The molecule has 1 heteroatoms. The summed E-state index contributed by atoms with van der Waals surface area (Å²) in [6.45, 7) is 4.62. The van der Waals surface area contributed by atoms with Crippen LogP contribution in [0.5, 0.6) is 0 Å². The van der Waals surface area contributed by atoms with E-state index in [2.05, 4.69) is 68.4 Å². The van der Waals surface area contributed by atoms with Gasteiger partial charge >= 0.3 is 0 Å². The van der Waals surface area contributed by atoms with Gasteiger partial charge in [0, 0.05) is 11.6 Å². The van der Waals surface area contributed by atoms with Gasteiger partial charge in [-0.2, -0.15) is 0 Å². The van der Waals surface area contributed by atoms with Crippen LogP contribution in [0.15, 0.2) is 59.6 Å². The second-order valence-electron chi connectivity index (χ2n) is 9.59. The summed E-state index contributed by atoms with van der Waals surface area (Å²) >= 11 is 0. The minimum atomic E-state index is 0.290. The van der Waals surface area contributed by atoms with E-state index in [1.54, 1.807) is 16.5 Å². The van der Waals surface area contributed by atoms with Crippen LogP contribution in [0.3, 0.4) is 0 Å². The Balaban J connectivity index is 1.63. The van der Waals surface area contributed by atoms with Crippen molar-refractivity contribution in [1.29, 1.82) is 0 Å². The molecule has 0 aromatic heterocycles. The predicted octanol–water partition coefficient (Wildman–Crippen LogP) is 6.63. The Labute approximate surface area is 176 Å². The standard InChI is InChI=1S/C29H21N/c1-14-10-18-12-16-6-3-4-8-20(16)26-24(18)27-22(14)15(2)11-19-13-17-7-5-9-21-23(17)28(25(19)27)29(26)30-21/h3-11,26,28H,12-13H2,1-2H3. The molecule has 1 nitrogen and oxygen atoms in total. The first kappa shape index (κ1) is 15.6. The van der Waals surface area contributed by atoms with E-state index in [0.717, 1.165) is 12.8 Å². The summed E-state index contributed by atoms with van der Waals surface area (Å²) in [5.74, 6) is 0.625. The molecule has 1 heterocycles. The van der Waals surface area contributed by atoms with E-state index in [0.29, 0.717) is 11.8 Å². The van der Waals surface area contributed by atoms with Crippen molar-refractivity contribution in [3.8, 4) is 0 Å². The molecule has 2 atom stereocenters. The number of fused-ring (bicyclic) bond motifs is 3. The van der Waals surface area contributed by atoms with E-state index in [1.165, 1.54) is 61.3 Å². The molecule has 4 aromatic rings. The quantitative estimate of drug-likeness (QED) is 0.323. The molecule has 8 rings (SSSR count). The molecule has 30 heavy (non-hydrogen) atoms. The lowest BCUT2D eigenvalue weighted by Gasteiger charge is -2.40. The first-order valence-electron chi connectivity index (χ1n) is 11.1. The fourth-order valence-electron chi connectivity index (χ4n) is 7.12. The van der Waals surface area contributed by atoms with Crippen LogP contribution in [0, 0.1) is 13.8 Å². The molecule has 0 saturated carbocycles. The number of aliphatic imine (C=N–C) groups is 1. The van der Waals surface area contributed by atoms with Crippen LogP contribution in [-0.2, 0) is 12.8 Å². The molecule has 4 aromatic carbocycles. The zero-order valence-corrected chi connectivity index (χ0v) is 17.2. The van der Waals surface area contributed by atoms with Crippen molar-refractivity contribution in [2.45, 2.75) is 38.5 Å². The minimum absolute atomic E-state index is 0.290. The monoisotopic (exact) mass is 383 g/mol. The molecule has 2 unspecified atom stereocenters. The highest BCUT2D eigenvalue weighted by atomic mass is 14.8. The van der Waals surface area contributed by atoms with Gasteiger partial charge in [0.25, 0.3) is 0 Å². The molecule has 0 bridgehead atoms. The van der Waals surface area contributed by atoms with Gasteiger partial charge in [-0.15, -0.1) is 0 Å². The highest BCUT2D eigenvalue weighted by Gasteiger charge is 2.47. The third kappa shape index (κ3) is 1.60. The Morgan fingerprint density at radius 3 is 2.20 bits per heavy atom. The summed E-state index contributed by atoms with van der Waals surface area (Å²) in [6, 6.07) is 20.8. The lowest BCUT2D eigenvalue weighted by atomic mass is 9.61. The molecule has 4 aliphatic rings. The van der Waals surface area contributed by atoms with Gasteiger partial charge in [-0.05, 0) is 99.2 Å². The Morgan fingerprint density at radius 1 is 0.667 bits per heavy atom. The van der Waals surface area contributed by atoms with Crippen LogP contribution in [-0.4, -0.2) is 5.71 Å². The maximum Gasteiger partial charge on any atom is 0.0674 e. The van der Waals surface area contributed by atoms with Gasteiger partial charge in [-0.25, -0.2) is 0 Å². The van der Waals surface area contributed by atoms with Crippen molar-refractivity contribution in [2.75, 3.05) is 0 Å². The molecule has 0 N–H and O–H groups in total. The Bertz CT molecular complexity index is 1510. The zero-order valence-electron chi connectivity index (χ0n) is 17.2. The Morgan fingerprint density at radius 2 is 1.37 bits per heavy atom. The maximum absolute atomic E-state index is 5.34. The number of hydrogen-bond donors (Lipinski definition) is 0. The van der Waals surface area contributed by atoms with Crippen LogP contribution in [0.1, 0.15) is 67.5 Å². The fraction of sp³-hybridized carbons (Fsp3) is 0.207.